The minimum atomic E-state index is 0.480. The number of nitrogens with one attached hydrogen (secondary N) is 1. The zero-order chi connectivity index (χ0) is 13.2. The first kappa shape index (κ1) is 15.3. The topological polar surface area (TPSA) is 12.0 Å². The standard InChI is InChI=1S/C16H25NS/c1-4-6-7-11-15(17-13-5-2)14-10-8-9-12-16(14)18-3/h4,8-10,12,15,17H,1,5-7,11,13H2,2-3H3. The molecule has 0 saturated heterocycles. The summed E-state index contributed by atoms with van der Waals surface area (Å²) in [6, 6.07) is 9.22. The molecule has 0 saturated carbocycles. The number of unbranched alkanes of at least 4 members (excludes halogenated alkanes) is 1. The van der Waals surface area contributed by atoms with Gasteiger partial charge in [0, 0.05) is 10.9 Å². The maximum absolute atomic E-state index is 3.80. The van der Waals surface area contributed by atoms with Gasteiger partial charge in [0.05, 0.1) is 0 Å². The third kappa shape index (κ3) is 4.87. The summed E-state index contributed by atoms with van der Waals surface area (Å²) in [5.41, 5.74) is 1.45. The fourth-order valence-electron chi connectivity index (χ4n) is 2.11. The highest BCUT2D eigenvalue weighted by atomic mass is 32.2. The molecule has 100 valence electrons. The molecule has 0 amide bonds. The zero-order valence-electron chi connectivity index (χ0n) is 11.6. The maximum atomic E-state index is 3.80. The first-order chi connectivity index (χ1) is 8.83. The Labute approximate surface area is 116 Å². The Bertz CT molecular complexity index is 349. The van der Waals surface area contributed by atoms with Gasteiger partial charge in [0.1, 0.15) is 0 Å². The molecule has 0 aromatic heterocycles. The van der Waals surface area contributed by atoms with Crippen LogP contribution in [0, 0.1) is 0 Å². The summed E-state index contributed by atoms with van der Waals surface area (Å²) in [5.74, 6) is 0. The molecule has 1 N–H and O–H groups in total. The Kier molecular flexibility index (Phi) is 7.86. The summed E-state index contributed by atoms with van der Waals surface area (Å²) < 4.78 is 0. The van der Waals surface area contributed by atoms with Crippen LogP contribution in [0.15, 0.2) is 41.8 Å². The van der Waals surface area contributed by atoms with E-state index in [2.05, 4.69) is 49.3 Å². The molecule has 1 aromatic carbocycles. The minimum Gasteiger partial charge on any atom is -0.310 e. The number of allylic oxidation sites excluding steroid dienone is 1. The maximum Gasteiger partial charge on any atom is 0.0331 e. The monoisotopic (exact) mass is 263 g/mol. The van der Waals surface area contributed by atoms with Gasteiger partial charge in [-0.2, -0.15) is 0 Å². The van der Waals surface area contributed by atoms with Crippen molar-refractivity contribution >= 4 is 11.8 Å². The molecule has 0 aliphatic carbocycles. The lowest BCUT2D eigenvalue weighted by molar-refractivity contribution is 0.480. The molecule has 0 spiro atoms. The molecule has 1 atom stereocenters. The lowest BCUT2D eigenvalue weighted by Crippen LogP contribution is -2.22. The van der Waals surface area contributed by atoms with Crippen LogP contribution in [-0.2, 0) is 0 Å². The average molecular weight is 263 g/mol. The van der Waals surface area contributed by atoms with Crippen molar-refractivity contribution in [2.24, 2.45) is 0 Å². The van der Waals surface area contributed by atoms with E-state index in [0.717, 1.165) is 13.0 Å². The van der Waals surface area contributed by atoms with E-state index in [0.29, 0.717) is 6.04 Å². The molecule has 1 rings (SSSR count). The second kappa shape index (κ2) is 9.23. The molecule has 1 unspecified atom stereocenters. The van der Waals surface area contributed by atoms with Crippen LogP contribution in [0.1, 0.15) is 44.2 Å². The summed E-state index contributed by atoms with van der Waals surface area (Å²) in [4.78, 5) is 1.39. The van der Waals surface area contributed by atoms with Crippen molar-refractivity contribution in [2.75, 3.05) is 12.8 Å². The fourth-order valence-corrected chi connectivity index (χ4v) is 2.77. The van der Waals surface area contributed by atoms with Crippen LogP contribution in [0.25, 0.3) is 0 Å². The van der Waals surface area contributed by atoms with Crippen molar-refractivity contribution < 1.29 is 0 Å². The highest BCUT2D eigenvalue weighted by Crippen LogP contribution is 2.28. The Hall–Kier alpha value is -0.730. The predicted octanol–water partition coefficient (Wildman–Crippen LogP) is 4.81. The van der Waals surface area contributed by atoms with Crippen LogP contribution in [-0.4, -0.2) is 12.8 Å². The predicted molar refractivity (Wildman–Crippen MR) is 83.3 cm³/mol. The molecule has 1 nitrogen and oxygen atoms in total. The molecule has 1 aromatic rings. The number of hydrogen-bond donors (Lipinski definition) is 1. The largest absolute Gasteiger partial charge is 0.310 e. The Morgan fingerprint density at radius 3 is 2.83 bits per heavy atom. The van der Waals surface area contributed by atoms with Crippen LogP contribution in [0.5, 0.6) is 0 Å². The molecule has 0 aliphatic rings. The molecule has 2 heteroatoms. The second-order valence-electron chi connectivity index (χ2n) is 4.47. The Morgan fingerprint density at radius 1 is 1.39 bits per heavy atom. The van der Waals surface area contributed by atoms with Crippen LogP contribution in [0.2, 0.25) is 0 Å². The van der Waals surface area contributed by atoms with Crippen LogP contribution < -0.4 is 5.32 Å². The fraction of sp³-hybridized carbons (Fsp3) is 0.500. The Morgan fingerprint density at radius 2 is 2.17 bits per heavy atom. The lowest BCUT2D eigenvalue weighted by atomic mass is 10.0. The molecule has 0 aliphatic heterocycles. The first-order valence-electron chi connectivity index (χ1n) is 6.80. The van der Waals surface area contributed by atoms with Crippen LogP contribution in [0.4, 0.5) is 0 Å². The second-order valence-corrected chi connectivity index (χ2v) is 5.32. The Balaban J connectivity index is 2.75. The third-order valence-corrected chi connectivity index (χ3v) is 3.87. The van der Waals surface area contributed by atoms with Crippen molar-refractivity contribution in [2.45, 2.75) is 43.5 Å². The van der Waals surface area contributed by atoms with Crippen molar-refractivity contribution in [1.29, 1.82) is 0 Å². The highest BCUT2D eigenvalue weighted by molar-refractivity contribution is 7.98. The summed E-state index contributed by atoms with van der Waals surface area (Å²) in [5, 5.41) is 3.67. The van der Waals surface area contributed by atoms with Crippen LogP contribution >= 0.6 is 11.8 Å². The van der Waals surface area contributed by atoms with Crippen molar-refractivity contribution in [3.8, 4) is 0 Å². The van der Waals surface area contributed by atoms with E-state index >= 15 is 0 Å². The van der Waals surface area contributed by atoms with Gasteiger partial charge in [0.15, 0.2) is 0 Å². The van der Waals surface area contributed by atoms with Gasteiger partial charge in [-0.05, 0) is 50.1 Å². The van der Waals surface area contributed by atoms with Gasteiger partial charge in [-0.25, -0.2) is 0 Å². The average Bonchev–Trinajstić information content (AvgIpc) is 2.42. The van der Waals surface area contributed by atoms with Gasteiger partial charge in [-0.15, -0.1) is 18.3 Å². The van der Waals surface area contributed by atoms with Crippen molar-refractivity contribution in [1.82, 2.24) is 5.32 Å². The summed E-state index contributed by atoms with van der Waals surface area (Å²) in [7, 11) is 0. The van der Waals surface area contributed by atoms with E-state index in [4.69, 9.17) is 0 Å². The van der Waals surface area contributed by atoms with Crippen molar-refractivity contribution in [3.63, 3.8) is 0 Å². The smallest absolute Gasteiger partial charge is 0.0331 e. The van der Waals surface area contributed by atoms with Gasteiger partial charge in [-0.1, -0.05) is 31.2 Å². The van der Waals surface area contributed by atoms with E-state index < -0.39 is 0 Å². The number of benzene rings is 1. The molecular weight excluding hydrogens is 238 g/mol. The number of hydrogen-bond acceptors (Lipinski definition) is 2. The molecule has 0 heterocycles. The molecule has 0 radical (unpaired) electrons. The van der Waals surface area contributed by atoms with E-state index in [1.54, 1.807) is 0 Å². The minimum absolute atomic E-state index is 0.480. The van der Waals surface area contributed by atoms with E-state index in [9.17, 15) is 0 Å². The van der Waals surface area contributed by atoms with Gasteiger partial charge >= 0.3 is 0 Å². The van der Waals surface area contributed by atoms with E-state index in [1.165, 1.54) is 29.7 Å². The quantitative estimate of drug-likeness (QED) is 0.390. The third-order valence-electron chi connectivity index (χ3n) is 3.06. The first-order valence-corrected chi connectivity index (χ1v) is 8.03. The normalized spacial score (nSPS) is 12.3. The molecule has 18 heavy (non-hydrogen) atoms. The summed E-state index contributed by atoms with van der Waals surface area (Å²) in [6.45, 7) is 7.10. The highest BCUT2D eigenvalue weighted by Gasteiger charge is 2.13. The molecule has 0 bridgehead atoms. The summed E-state index contributed by atoms with van der Waals surface area (Å²) in [6.07, 6.45) is 8.83. The molecular formula is C16H25NS. The van der Waals surface area contributed by atoms with Crippen molar-refractivity contribution in [3.05, 3.63) is 42.5 Å². The van der Waals surface area contributed by atoms with Gasteiger partial charge in [0.2, 0.25) is 0 Å². The molecule has 0 fully saturated rings. The lowest BCUT2D eigenvalue weighted by Gasteiger charge is -2.21. The van der Waals surface area contributed by atoms with Crippen LogP contribution in [0.3, 0.4) is 0 Å². The number of thioether (sulfide) groups is 1. The van der Waals surface area contributed by atoms with Gasteiger partial charge in [-0.3, -0.25) is 0 Å². The van der Waals surface area contributed by atoms with Gasteiger partial charge < -0.3 is 5.32 Å². The zero-order valence-corrected chi connectivity index (χ0v) is 12.4. The summed E-state index contributed by atoms with van der Waals surface area (Å²) >= 11 is 1.84. The van der Waals surface area contributed by atoms with E-state index in [1.807, 2.05) is 17.8 Å². The van der Waals surface area contributed by atoms with Gasteiger partial charge in [0.25, 0.3) is 0 Å². The SMILES string of the molecule is C=CCCCC(NCCC)c1ccccc1SC. The number of rotatable bonds is 9. The van der Waals surface area contributed by atoms with E-state index in [-0.39, 0.29) is 0 Å².